The van der Waals surface area contributed by atoms with Crippen LogP contribution in [0.15, 0.2) is 0 Å². The lowest BCUT2D eigenvalue weighted by molar-refractivity contribution is 0.136. The van der Waals surface area contributed by atoms with Crippen molar-refractivity contribution < 1.29 is 29.2 Å². The molecule has 0 radical (unpaired) electrons. The van der Waals surface area contributed by atoms with Gasteiger partial charge in [-0.15, -0.1) is 0 Å². The SMILES string of the molecule is COCN(COC)c1nc(N(CCO)CCO)nc(N(COC)COC)n1. The number of aromatic nitrogens is 3. The average molecular weight is 390 g/mol. The van der Waals surface area contributed by atoms with Gasteiger partial charge in [-0.05, 0) is 0 Å². The highest BCUT2D eigenvalue weighted by atomic mass is 16.5. The first-order chi connectivity index (χ1) is 13.1. The van der Waals surface area contributed by atoms with E-state index in [9.17, 15) is 10.2 Å². The van der Waals surface area contributed by atoms with Gasteiger partial charge in [0.25, 0.3) is 0 Å². The minimum atomic E-state index is -0.115. The normalized spacial score (nSPS) is 10.9. The van der Waals surface area contributed by atoms with Crippen molar-refractivity contribution >= 4 is 17.8 Å². The highest BCUT2D eigenvalue weighted by molar-refractivity contribution is 5.46. The minimum Gasteiger partial charge on any atom is -0.395 e. The second-order valence-corrected chi connectivity index (χ2v) is 5.42. The van der Waals surface area contributed by atoms with Crippen molar-refractivity contribution in [2.24, 2.45) is 0 Å². The van der Waals surface area contributed by atoms with E-state index in [4.69, 9.17) is 18.9 Å². The maximum absolute atomic E-state index is 9.32. The fraction of sp³-hybridized carbons (Fsp3) is 0.800. The molecule has 0 saturated carbocycles. The number of anilines is 3. The Morgan fingerprint density at radius 3 is 1.15 bits per heavy atom. The molecule has 0 unspecified atom stereocenters. The molecule has 1 rings (SSSR count). The zero-order valence-corrected chi connectivity index (χ0v) is 16.4. The van der Waals surface area contributed by atoms with Crippen LogP contribution in [0.3, 0.4) is 0 Å². The van der Waals surface area contributed by atoms with Gasteiger partial charge in [0.1, 0.15) is 26.9 Å². The topological polar surface area (TPSA) is 126 Å². The van der Waals surface area contributed by atoms with Crippen molar-refractivity contribution in [3.05, 3.63) is 0 Å². The molecule has 0 bridgehead atoms. The van der Waals surface area contributed by atoms with E-state index in [-0.39, 0.29) is 53.2 Å². The zero-order valence-electron chi connectivity index (χ0n) is 16.4. The summed E-state index contributed by atoms with van der Waals surface area (Å²) >= 11 is 0. The number of hydrogen-bond acceptors (Lipinski definition) is 12. The smallest absolute Gasteiger partial charge is 0.235 e. The number of aliphatic hydroxyl groups excluding tert-OH is 2. The first kappa shape index (κ1) is 23.2. The molecular formula is C15H30N6O6. The summed E-state index contributed by atoms with van der Waals surface area (Å²) in [6.45, 7) is 1.08. The van der Waals surface area contributed by atoms with Gasteiger partial charge in [0.2, 0.25) is 17.8 Å². The summed E-state index contributed by atoms with van der Waals surface area (Å²) in [5.74, 6) is 0.932. The van der Waals surface area contributed by atoms with Crippen molar-refractivity contribution in [1.82, 2.24) is 15.0 Å². The Kier molecular flexibility index (Phi) is 11.5. The Balaban J connectivity index is 3.38. The number of aliphatic hydroxyl groups is 2. The van der Waals surface area contributed by atoms with Crippen LogP contribution in [0.1, 0.15) is 0 Å². The second kappa shape index (κ2) is 13.4. The van der Waals surface area contributed by atoms with E-state index >= 15 is 0 Å². The van der Waals surface area contributed by atoms with Crippen LogP contribution in [0.4, 0.5) is 17.8 Å². The number of rotatable bonds is 15. The largest absolute Gasteiger partial charge is 0.395 e. The zero-order chi connectivity index (χ0) is 20.1. The van der Waals surface area contributed by atoms with E-state index in [0.717, 1.165) is 0 Å². The monoisotopic (exact) mass is 390 g/mol. The second-order valence-electron chi connectivity index (χ2n) is 5.42. The van der Waals surface area contributed by atoms with E-state index in [1.807, 2.05) is 0 Å². The Morgan fingerprint density at radius 2 is 0.889 bits per heavy atom. The standard InChI is InChI=1S/C15H30N6O6/c1-24-9-20(10-25-2)14-16-13(19(5-7-22)6-8-23)17-15(18-14)21(11-26-3)12-27-4/h22-23H,5-12H2,1-4H3. The first-order valence-electron chi connectivity index (χ1n) is 8.33. The van der Waals surface area contributed by atoms with Gasteiger partial charge < -0.3 is 34.1 Å². The lowest BCUT2D eigenvalue weighted by Gasteiger charge is -2.27. The maximum atomic E-state index is 9.32. The third-order valence-electron chi connectivity index (χ3n) is 3.33. The van der Waals surface area contributed by atoms with Crippen LogP contribution in [0.25, 0.3) is 0 Å². The third kappa shape index (κ3) is 7.36. The Hall–Kier alpha value is -1.83. The quantitative estimate of drug-likeness (QED) is 0.345. The molecule has 0 aliphatic rings. The highest BCUT2D eigenvalue weighted by Crippen LogP contribution is 2.19. The summed E-state index contributed by atoms with van der Waals surface area (Å²) in [6.07, 6.45) is 0. The summed E-state index contributed by atoms with van der Waals surface area (Å²) in [5.41, 5.74) is 0. The molecule has 0 aliphatic carbocycles. The summed E-state index contributed by atoms with van der Waals surface area (Å²) in [6, 6.07) is 0. The van der Waals surface area contributed by atoms with Gasteiger partial charge >= 0.3 is 0 Å². The lowest BCUT2D eigenvalue weighted by Crippen LogP contribution is -2.36. The highest BCUT2D eigenvalue weighted by Gasteiger charge is 2.20. The van der Waals surface area contributed by atoms with E-state index in [1.165, 1.54) is 0 Å². The minimum absolute atomic E-state index is 0.115. The number of ether oxygens (including phenoxy) is 4. The molecule has 0 saturated heterocycles. The predicted octanol–water partition coefficient (Wildman–Crippen LogP) is -1.31. The van der Waals surface area contributed by atoms with E-state index in [0.29, 0.717) is 17.8 Å². The summed E-state index contributed by atoms with van der Waals surface area (Å²) in [4.78, 5) is 18.4. The van der Waals surface area contributed by atoms with Crippen LogP contribution in [0.5, 0.6) is 0 Å². The van der Waals surface area contributed by atoms with Crippen LogP contribution in [0.2, 0.25) is 0 Å². The van der Waals surface area contributed by atoms with Gasteiger partial charge in [0.05, 0.1) is 13.2 Å². The number of methoxy groups -OCH3 is 4. The first-order valence-corrected chi connectivity index (χ1v) is 8.33. The Bertz CT molecular complexity index is 424. The molecule has 12 heteroatoms. The molecule has 156 valence electrons. The molecule has 1 aromatic heterocycles. The predicted molar refractivity (Wildman–Crippen MR) is 98.7 cm³/mol. The molecule has 0 spiro atoms. The molecule has 1 heterocycles. The number of nitrogens with zero attached hydrogens (tertiary/aromatic N) is 6. The summed E-state index contributed by atoms with van der Waals surface area (Å²) in [7, 11) is 6.21. The molecule has 1 aromatic rings. The van der Waals surface area contributed by atoms with Gasteiger partial charge in [-0.2, -0.15) is 15.0 Å². The van der Waals surface area contributed by atoms with Crippen molar-refractivity contribution in [1.29, 1.82) is 0 Å². The summed E-state index contributed by atoms with van der Waals surface area (Å²) in [5, 5.41) is 18.6. The molecule has 0 atom stereocenters. The van der Waals surface area contributed by atoms with Crippen molar-refractivity contribution in [2.75, 3.05) is 96.4 Å². The molecule has 12 nitrogen and oxygen atoms in total. The molecule has 0 aromatic carbocycles. The van der Waals surface area contributed by atoms with Gasteiger partial charge in [0.15, 0.2) is 0 Å². The van der Waals surface area contributed by atoms with Gasteiger partial charge in [0, 0.05) is 41.5 Å². The van der Waals surface area contributed by atoms with Crippen LogP contribution in [-0.4, -0.2) is 107 Å². The molecule has 2 N–H and O–H groups in total. The van der Waals surface area contributed by atoms with Crippen LogP contribution < -0.4 is 14.7 Å². The maximum Gasteiger partial charge on any atom is 0.235 e. The molecule has 0 aliphatic heterocycles. The Morgan fingerprint density at radius 1 is 0.593 bits per heavy atom. The fourth-order valence-electron chi connectivity index (χ4n) is 2.25. The van der Waals surface area contributed by atoms with Crippen LogP contribution >= 0.6 is 0 Å². The van der Waals surface area contributed by atoms with Crippen molar-refractivity contribution in [3.8, 4) is 0 Å². The third-order valence-corrected chi connectivity index (χ3v) is 3.33. The van der Waals surface area contributed by atoms with Gasteiger partial charge in [-0.3, -0.25) is 9.80 Å². The lowest BCUT2D eigenvalue weighted by atomic mass is 10.5. The molecule has 27 heavy (non-hydrogen) atoms. The van der Waals surface area contributed by atoms with Crippen LogP contribution in [-0.2, 0) is 18.9 Å². The van der Waals surface area contributed by atoms with Crippen molar-refractivity contribution in [2.45, 2.75) is 0 Å². The molecule has 0 fully saturated rings. The average Bonchev–Trinajstić information content (AvgIpc) is 2.67. The van der Waals surface area contributed by atoms with Crippen molar-refractivity contribution in [3.63, 3.8) is 0 Å². The Labute approximate surface area is 159 Å². The van der Waals surface area contributed by atoms with Gasteiger partial charge in [-0.25, -0.2) is 0 Å². The molecular weight excluding hydrogens is 360 g/mol. The van der Waals surface area contributed by atoms with Gasteiger partial charge in [-0.1, -0.05) is 0 Å². The fourth-order valence-corrected chi connectivity index (χ4v) is 2.25. The number of hydrogen-bond donors (Lipinski definition) is 2. The molecule has 0 amide bonds. The van der Waals surface area contributed by atoms with E-state index < -0.39 is 0 Å². The van der Waals surface area contributed by atoms with E-state index in [2.05, 4.69) is 15.0 Å². The van der Waals surface area contributed by atoms with Crippen LogP contribution in [0, 0.1) is 0 Å². The summed E-state index contributed by atoms with van der Waals surface area (Å²) < 4.78 is 20.8. The van der Waals surface area contributed by atoms with E-state index in [1.54, 1.807) is 43.1 Å².